The van der Waals surface area contributed by atoms with Crippen LogP contribution in [0.5, 0.6) is 0 Å². The van der Waals surface area contributed by atoms with Crippen molar-refractivity contribution in [3.8, 4) is 0 Å². The fourth-order valence-corrected chi connectivity index (χ4v) is 4.43. The molecule has 0 aromatic heterocycles. The fourth-order valence-electron chi connectivity index (χ4n) is 4.43. The van der Waals surface area contributed by atoms with E-state index in [0.29, 0.717) is 5.92 Å². The fraction of sp³-hybridized carbons (Fsp3) is 0.571. The van der Waals surface area contributed by atoms with Gasteiger partial charge >= 0.3 is 11.9 Å². The molecule has 1 aromatic carbocycles. The zero-order valence-electron chi connectivity index (χ0n) is 20.5. The molecule has 2 rings (SSSR count). The molecule has 1 aliphatic carbocycles. The number of unbranched alkanes of at least 4 members (excludes halogenated alkanes) is 2. The second kappa shape index (κ2) is 14.7. The zero-order valence-corrected chi connectivity index (χ0v) is 20.5. The molecule has 0 aliphatic heterocycles. The Hall–Kier alpha value is -2.44. The smallest absolute Gasteiger partial charge is 0.335 e. The summed E-state index contributed by atoms with van der Waals surface area (Å²) in [5.74, 6) is -0.351. The van der Waals surface area contributed by atoms with Crippen LogP contribution in [0.3, 0.4) is 0 Å². The average molecular weight is 473 g/mol. The highest BCUT2D eigenvalue weighted by Crippen LogP contribution is 2.38. The molecule has 1 fully saturated rings. The van der Waals surface area contributed by atoms with Crippen LogP contribution in [0.15, 0.2) is 48.6 Å². The van der Waals surface area contributed by atoms with Gasteiger partial charge < -0.3 is 19.7 Å². The number of hydrogen-bond acceptors (Lipinski definition) is 6. The molecular formula is C28H40O6. The highest BCUT2D eigenvalue weighted by molar-refractivity contribution is 5.88. The van der Waals surface area contributed by atoms with Crippen LogP contribution < -0.4 is 0 Å². The summed E-state index contributed by atoms with van der Waals surface area (Å²) in [4.78, 5) is 23.9. The Morgan fingerprint density at radius 2 is 1.44 bits per heavy atom. The second-order valence-corrected chi connectivity index (χ2v) is 9.30. The van der Waals surface area contributed by atoms with Crippen molar-refractivity contribution < 1.29 is 29.3 Å². The predicted octanol–water partition coefficient (Wildman–Crippen LogP) is 4.81. The standard InChI is InChI=1S/C28H40O6/c1-4-5-6-7-22-8-10-23(11-9-22)24-12-14-25(15-13-24)26(18-33-27(31)20(2)16-29)19-34-28(32)21(3)17-30/h12-15,22-23,26,29-30H,2-11,16-19H2,1H3. The number of carbonyl (C=O) groups excluding carboxylic acids is 2. The van der Waals surface area contributed by atoms with Crippen molar-refractivity contribution in [3.05, 3.63) is 59.7 Å². The SMILES string of the molecule is C=C(CO)C(=O)OCC(COC(=O)C(=C)CO)c1ccc(C2CCC(CCCCC)CC2)cc1. The van der Waals surface area contributed by atoms with Gasteiger partial charge in [-0.2, -0.15) is 0 Å². The summed E-state index contributed by atoms with van der Waals surface area (Å²) in [5.41, 5.74) is 2.11. The zero-order chi connectivity index (χ0) is 24.9. The van der Waals surface area contributed by atoms with Crippen molar-refractivity contribution in [2.24, 2.45) is 5.92 Å². The van der Waals surface area contributed by atoms with Crippen LogP contribution in [0, 0.1) is 5.92 Å². The van der Waals surface area contributed by atoms with Crippen LogP contribution in [0.1, 0.15) is 81.3 Å². The van der Waals surface area contributed by atoms with Crippen molar-refractivity contribution >= 4 is 11.9 Å². The summed E-state index contributed by atoms with van der Waals surface area (Å²) in [6.45, 7) is 8.17. The lowest BCUT2D eigenvalue weighted by molar-refractivity contribution is -0.142. The number of benzene rings is 1. The lowest BCUT2D eigenvalue weighted by Gasteiger charge is -2.29. The highest BCUT2D eigenvalue weighted by atomic mass is 16.5. The third-order valence-electron chi connectivity index (χ3n) is 6.73. The van der Waals surface area contributed by atoms with Gasteiger partial charge in [-0.1, -0.05) is 70.0 Å². The van der Waals surface area contributed by atoms with Gasteiger partial charge in [0.1, 0.15) is 13.2 Å². The van der Waals surface area contributed by atoms with Gasteiger partial charge in [-0.3, -0.25) is 0 Å². The van der Waals surface area contributed by atoms with E-state index in [1.54, 1.807) is 0 Å². The first-order chi connectivity index (χ1) is 16.4. The molecule has 1 saturated carbocycles. The molecule has 0 heterocycles. The topological polar surface area (TPSA) is 93.1 Å². The first-order valence-electron chi connectivity index (χ1n) is 12.4. The van der Waals surface area contributed by atoms with Gasteiger partial charge in [-0.25, -0.2) is 9.59 Å². The minimum absolute atomic E-state index is 0.0288. The average Bonchev–Trinajstić information content (AvgIpc) is 2.88. The Labute approximate surface area is 203 Å². The lowest BCUT2D eigenvalue weighted by atomic mass is 9.77. The lowest BCUT2D eigenvalue weighted by Crippen LogP contribution is -2.21. The summed E-state index contributed by atoms with van der Waals surface area (Å²) in [6.07, 6.45) is 10.3. The first-order valence-corrected chi connectivity index (χ1v) is 12.4. The number of carbonyl (C=O) groups is 2. The van der Waals surface area contributed by atoms with Crippen LogP contribution in [-0.4, -0.2) is 48.6 Å². The summed E-state index contributed by atoms with van der Waals surface area (Å²) in [6, 6.07) is 8.23. The largest absolute Gasteiger partial charge is 0.461 e. The van der Waals surface area contributed by atoms with Crippen LogP contribution in [0.25, 0.3) is 0 Å². The third kappa shape index (κ3) is 8.73. The van der Waals surface area contributed by atoms with E-state index in [4.69, 9.17) is 19.7 Å². The molecule has 0 amide bonds. The van der Waals surface area contributed by atoms with Crippen molar-refractivity contribution in [1.82, 2.24) is 0 Å². The quantitative estimate of drug-likeness (QED) is 0.229. The molecule has 6 heteroatoms. The van der Waals surface area contributed by atoms with Crippen LogP contribution in [0.2, 0.25) is 0 Å². The van der Waals surface area contributed by atoms with Gasteiger partial charge in [0, 0.05) is 0 Å². The third-order valence-corrected chi connectivity index (χ3v) is 6.73. The van der Waals surface area contributed by atoms with Crippen molar-refractivity contribution in [3.63, 3.8) is 0 Å². The van der Waals surface area contributed by atoms with Gasteiger partial charge in [0.05, 0.1) is 30.3 Å². The van der Waals surface area contributed by atoms with Gasteiger partial charge in [-0.15, -0.1) is 0 Å². The Bertz CT molecular complexity index is 773. The van der Waals surface area contributed by atoms with Gasteiger partial charge in [0.25, 0.3) is 0 Å². The molecule has 34 heavy (non-hydrogen) atoms. The normalized spacial score (nSPS) is 17.9. The van der Waals surface area contributed by atoms with E-state index in [0.717, 1.165) is 11.5 Å². The Morgan fingerprint density at radius 1 is 0.912 bits per heavy atom. The molecule has 0 spiro atoms. The molecular weight excluding hydrogens is 432 g/mol. The van der Waals surface area contributed by atoms with Gasteiger partial charge in [0.15, 0.2) is 0 Å². The number of aliphatic hydroxyl groups is 2. The number of rotatable bonds is 14. The molecule has 1 aromatic rings. The minimum Gasteiger partial charge on any atom is -0.461 e. The van der Waals surface area contributed by atoms with E-state index < -0.39 is 31.1 Å². The molecule has 0 atom stereocenters. The van der Waals surface area contributed by atoms with E-state index >= 15 is 0 Å². The van der Waals surface area contributed by atoms with E-state index in [2.05, 4.69) is 32.2 Å². The Morgan fingerprint density at radius 3 is 1.91 bits per heavy atom. The Kier molecular flexibility index (Phi) is 12.1. The van der Waals surface area contributed by atoms with Crippen molar-refractivity contribution in [1.29, 1.82) is 0 Å². The molecule has 188 valence electrons. The summed E-state index contributed by atoms with van der Waals surface area (Å²) >= 11 is 0. The summed E-state index contributed by atoms with van der Waals surface area (Å²) < 4.78 is 10.5. The second-order valence-electron chi connectivity index (χ2n) is 9.30. The van der Waals surface area contributed by atoms with E-state index in [1.165, 1.54) is 56.9 Å². The first kappa shape index (κ1) is 27.8. The van der Waals surface area contributed by atoms with E-state index in [-0.39, 0.29) is 24.4 Å². The van der Waals surface area contributed by atoms with Gasteiger partial charge in [-0.05, 0) is 48.6 Å². The Balaban J connectivity index is 2.00. The maximum Gasteiger partial charge on any atom is 0.335 e. The maximum atomic E-state index is 11.9. The number of aliphatic hydroxyl groups excluding tert-OH is 2. The van der Waals surface area contributed by atoms with E-state index in [9.17, 15) is 9.59 Å². The monoisotopic (exact) mass is 472 g/mol. The van der Waals surface area contributed by atoms with Crippen molar-refractivity contribution in [2.75, 3.05) is 26.4 Å². The molecule has 1 aliphatic rings. The molecule has 6 nitrogen and oxygen atoms in total. The molecule has 2 N–H and O–H groups in total. The van der Waals surface area contributed by atoms with Crippen molar-refractivity contribution in [2.45, 2.75) is 70.1 Å². The highest BCUT2D eigenvalue weighted by Gasteiger charge is 2.23. The number of esters is 2. The summed E-state index contributed by atoms with van der Waals surface area (Å²) in [7, 11) is 0. The molecule has 0 bridgehead atoms. The number of ether oxygens (including phenoxy) is 2. The van der Waals surface area contributed by atoms with Gasteiger partial charge in [0.2, 0.25) is 0 Å². The van der Waals surface area contributed by atoms with E-state index in [1.807, 2.05) is 12.1 Å². The van der Waals surface area contributed by atoms with Crippen LogP contribution in [-0.2, 0) is 19.1 Å². The molecule has 0 unspecified atom stereocenters. The molecule has 0 saturated heterocycles. The number of hydrogen-bond donors (Lipinski definition) is 2. The van der Waals surface area contributed by atoms with Crippen LogP contribution in [0.4, 0.5) is 0 Å². The minimum atomic E-state index is -0.689. The predicted molar refractivity (Wildman–Crippen MR) is 132 cm³/mol. The van der Waals surface area contributed by atoms with Crippen LogP contribution >= 0.6 is 0 Å². The summed E-state index contributed by atoms with van der Waals surface area (Å²) in [5, 5.41) is 18.1. The maximum absolute atomic E-state index is 11.9. The molecule has 0 radical (unpaired) electrons.